The number of methoxy groups -OCH3 is 1. The fourth-order valence-corrected chi connectivity index (χ4v) is 2.02. The third-order valence-electron chi connectivity index (χ3n) is 2.69. The predicted molar refractivity (Wildman–Crippen MR) is 74.0 cm³/mol. The van der Waals surface area contributed by atoms with Gasteiger partial charge >= 0.3 is 0 Å². The highest BCUT2D eigenvalue weighted by atomic mass is 35.5. The Morgan fingerprint density at radius 1 is 1.28 bits per heavy atom. The Kier molecular flexibility index (Phi) is 4.18. The molecule has 94 valence electrons. The van der Waals surface area contributed by atoms with E-state index in [2.05, 4.69) is 10.3 Å². The highest BCUT2D eigenvalue weighted by Crippen LogP contribution is 2.28. The molecule has 0 aliphatic heterocycles. The van der Waals surface area contributed by atoms with Crippen LogP contribution in [0.1, 0.15) is 5.56 Å². The number of hydrogen-bond acceptors (Lipinski definition) is 3. The molecule has 2 aromatic rings. The number of nitrogens with one attached hydrogen (secondary N) is 1. The van der Waals surface area contributed by atoms with Gasteiger partial charge in [0.25, 0.3) is 0 Å². The van der Waals surface area contributed by atoms with E-state index in [-0.39, 0.29) is 0 Å². The van der Waals surface area contributed by atoms with Crippen molar-refractivity contribution in [3.63, 3.8) is 0 Å². The van der Waals surface area contributed by atoms with Crippen molar-refractivity contribution in [1.29, 1.82) is 0 Å². The second kappa shape index (κ2) is 5.85. The lowest BCUT2D eigenvalue weighted by Crippen LogP contribution is -2.06. The first-order chi connectivity index (χ1) is 8.74. The van der Waals surface area contributed by atoms with Crippen molar-refractivity contribution in [3.8, 4) is 17.0 Å². The molecular formula is C14H15ClN2O. The number of benzene rings is 1. The molecule has 0 saturated heterocycles. The van der Waals surface area contributed by atoms with E-state index in [0.717, 1.165) is 22.7 Å². The normalized spacial score (nSPS) is 10.4. The Morgan fingerprint density at radius 3 is 2.83 bits per heavy atom. The highest BCUT2D eigenvalue weighted by Gasteiger charge is 2.07. The van der Waals surface area contributed by atoms with Crippen LogP contribution in [-0.4, -0.2) is 19.1 Å². The molecule has 1 N–H and O–H groups in total. The number of rotatable bonds is 4. The quantitative estimate of drug-likeness (QED) is 0.919. The van der Waals surface area contributed by atoms with Crippen molar-refractivity contribution >= 4 is 11.6 Å². The summed E-state index contributed by atoms with van der Waals surface area (Å²) in [4.78, 5) is 4.11. The molecule has 0 aliphatic rings. The minimum atomic E-state index is 0.600. The lowest BCUT2D eigenvalue weighted by molar-refractivity contribution is 0.398. The van der Waals surface area contributed by atoms with Gasteiger partial charge in [0, 0.05) is 23.8 Å². The monoisotopic (exact) mass is 262 g/mol. The molecule has 0 spiro atoms. The Labute approximate surface area is 112 Å². The summed E-state index contributed by atoms with van der Waals surface area (Å²) in [5, 5.41) is 3.88. The van der Waals surface area contributed by atoms with Crippen LogP contribution >= 0.6 is 11.6 Å². The molecule has 0 amide bonds. The van der Waals surface area contributed by atoms with Crippen LogP contribution in [0.3, 0.4) is 0 Å². The molecule has 1 heterocycles. The second-order valence-corrected chi connectivity index (χ2v) is 4.36. The molecule has 2 rings (SSSR count). The highest BCUT2D eigenvalue weighted by molar-refractivity contribution is 6.30. The average molecular weight is 263 g/mol. The number of nitrogens with zero attached hydrogens (tertiary/aromatic N) is 1. The molecule has 0 radical (unpaired) electrons. The van der Waals surface area contributed by atoms with Crippen molar-refractivity contribution in [1.82, 2.24) is 10.3 Å². The van der Waals surface area contributed by atoms with Gasteiger partial charge in [0.1, 0.15) is 0 Å². The van der Waals surface area contributed by atoms with Crippen LogP contribution in [0.15, 0.2) is 36.5 Å². The van der Waals surface area contributed by atoms with E-state index < -0.39 is 0 Å². The molecular weight excluding hydrogens is 248 g/mol. The van der Waals surface area contributed by atoms with Gasteiger partial charge in [-0.25, -0.2) is 4.98 Å². The summed E-state index contributed by atoms with van der Waals surface area (Å²) in [7, 11) is 3.53. The zero-order chi connectivity index (χ0) is 13.0. The zero-order valence-corrected chi connectivity index (χ0v) is 11.2. The summed E-state index contributed by atoms with van der Waals surface area (Å²) < 4.78 is 5.15. The first kappa shape index (κ1) is 12.9. The zero-order valence-electron chi connectivity index (χ0n) is 10.4. The average Bonchev–Trinajstić information content (AvgIpc) is 2.41. The van der Waals surface area contributed by atoms with E-state index in [1.54, 1.807) is 13.3 Å². The maximum atomic E-state index is 6.07. The van der Waals surface area contributed by atoms with Gasteiger partial charge in [-0.2, -0.15) is 0 Å². The van der Waals surface area contributed by atoms with Gasteiger partial charge in [0.15, 0.2) is 0 Å². The maximum Gasteiger partial charge on any atom is 0.213 e. The Morgan fingerprint density at radius 2 is 2.11 bits per heavy atom. The van der Waals surface area contributed by atoms with E-state index >= 15 is 0 Å². The molecule has 3 nitrogen and oxygen atoms in total. The molecule has 4 heteroatoms. The van der Waals surface area contributed by atoms with E-state index in [9.17, 15) is 0 Å². The molecule has 1 aromatic carbocycles. The summed E-state index contributed by atoms with van der Waals surface area (Å²) in [6.07, 6.45) is 1.73. The topological polar surface area (TPSA) is 34.2 Å². The number of ether oxygens (including phenoxy) is 1. The first-order valence-corrected chi connectivity index (χ1v) is 6.06. The fraction of sp³-hybridized carbons (Fsp3) is 0.214. The summed E-state index contributed by atoms with van der Waals surface area (Å²) in [6, 6.07) is 9.75. The van der Waals surface area contributed by atoms with Gasteiger partial charge < -0.3 is 10.1 Å². The molecule has 0 aliphatic carbocycles. The van der Waals surface area contributed by atoms with Crippen molar-refractivity contribution in [2.24, 2.45) is 0 Å². The number of pyridine rings is 1. The van der Waals surface area contributed by atoms with Crippen molar-refractivity contribution < 1.29 is 4.74 Å². The summed E-state index contributed by atoms with van der Waals surface area (Å²) in [5.74, 6) is 0.600. The van der Waals surface area contributed by atoms with E-state index in [1.807, 2.05) is 37.4 Å². The fourth-order valence-electron chi connectivity index (χ4n) is 1.85. The second-order valence-electron chi connectivity index (χ2n) is 3.92. The van der Waals surface area contributed by atoms with Crippen LogP contribution in [-0.2, 0) is 6.54 Å². The molecule has 18 heavy (non-hydrogen) atoms. The molecule has 0 bridgehead atoms. The minimum absolute atomic E-state index is 0.600. The minimum Gasteiger partial charge on any atom is -0.481 e. The molecule has 0 unspecified atom stereocenters. The lowest BCUT2D eigenvalue weighted by Gasteiger charge is -2.10. The first-order valence-electron chi connectivity index (χ1n) is 5.68. The maximum absolute atomic E-state index is 6.07. The van der Waals surface area contributed by atoms with E-state index in [4.69, 9.17) is 16.3 Å². The third kappa shape index (κ3) is 2.81. The molecule has 0 fully saturated rings. The Hall–Kier alpha value is -1.58. The lowest BCUT2D eigenvalue weighted by atomic mass is 10.0. The largest absolute Gasteiger partial charge is 0.481 e. The van der Waals surface area contributed by atoms with Gasteiger partial charge in [-0.05, 0) is 41.9 Å². The van der Waals surface area contributed by atoms with Gasteiger partial charge in [-0.3, -0.25) is 0 Å². The van der Waals surface area contributed by atoms with Crippen LogP contribution in [0.2, 0.25) is 5.02 Å². The number of aromatic nitrogens is 1. The summed E-state index contributed by atoms with van der Waals surface area (Å²) in [5.41, 5.74) is 3.34. The number of hydrogen-bond donors (Lipinski definition) is 1. The molecule has 1 aromatic heterocycles. The Balaban J connectivity index is 2.50. The standard InChI is InChI=1S/C14H15ClN2O/c1-16-9-11-3-4-12(15)8-13(11)10-5-6-17-14(7-10)18-2/h3-8,16H,9H2,1-2H3. The predicted octanol–water partition coefficient (Wildman–Crippen LogP) is 3.13. The van der Waals surface area contributed by atoms with Crippen molar-refractivity contribution in [2.75, 3.05) is 14.2 Å². The third-order valence-corrected chi connectivity index (χ3v) is 2.93. The van der Waals surface area contributed by atoms with E-state index in [1.165, 1.54) is 5.56 Å². The van der Waals surface area contributed by atoms with Crippen LogP contribution < -0.4 is 10.1 Å². The van der Waals surface area contributed by atoms with Gasteiger partial charge in [-0.15, -0.1) is 0 Å². The van der Waals surface area contributed by atoms with Gasteiger partial charge in [0.2, 0.25) is 5.88 Å². The SMILES string of the molecule is CNCc1ccc(Cl)cc1-c1ccnc(OC)c1. The van der Waals surface area contributed by atoms with Crippen LogP contribution in [0, 0.1) is 0 Å². The summed E-state index contributed by atoms with van der Waals surface area (Å²) in [6.45, 7) is 0.789. The molecule has 0 saturated carbocycles. The summed E-state index contributed by atoms with van der Waals surface area (Å²) >= 11 is 6.07. The smallest absolute Gasteiger partial charge is 0.213 e. The van der Waals surface area contributed by atoms with Gasteiger partial charge in [-0.1, -0.05) is 17.7 Å². The van der Waals surface area contributed by atoms with Crippen molar-refractivity contribution in [3.05, 3.63) is 47.1 Å². The Bertz CT molecular complexity index is 543. The van der Waals surface area contributed by atoms with Crippen LogP contribution in [0.5, 0.6) is 5.88 Å². The van der Waals surface area contributed by atoms with Crippen LogP contribution in [0.4, 0.5) is 0 Å². The van der Waals surface area contributed by atoms with Crippen molar-refractivity contribution in [2.45, 2.75) is 6.54 Å². The van der Waals surface area contributed by atoms with Crippen LogP contribution in [0.25, 0.3) is 11.1 Å². The van der Waals surface area contributed by atoms with E-state index in [0.29, 0.717) is 5.88 Å². The number of halogens is 1. The van der Waals surface area contributed by atoms with Gasteiger partial charge in [0.05, 0.1) is 7.11 Å². The molecule has 0 atom stereocenters.